The van der Waals surface area contributed by atoms with Crippen LogP contribution in [0.3, 0.4) is 0 Å². The highest BCUT2D eigenvalue weighted by Gasteiger charge is 2.22. The van der Waals surface area contributed by atoms with Gasteiger partial charge in [-0.2, -0.15) is 11.8 Å². The minimum Gasteiger partial charge on any atom is -0.337 e. The number of nitrogens with one attached hydrogen (secondary N) is 1. The van der Waals surface area contributed by atoms with Crippen LogP contribution in [0.25, 0.3) is 0 Å². The molecular formula is C13H14N2O2S. The van der Waals surface area contributed by atoms with Gasteiger partial charge in [0.2, 0.25) is 5.91 Å². The van der Waals surface area contributed by atoms with Crippen molar-refractivity contribution < 1.29 is 9.59 Å². The standard InChI is InChI=1S/C13H14N2O2S/c16-12-8-9-1-2-10(7-11(9)14-12)13(17)15-3-5-18-6-4-15/h1-2,7H,3-6,8H2,(H,14,16). The van der Waals surface area contributed by atoms with E-state index in [1.54, 1.807) is 6.07 Å². The number of benzene rings is 1. The second-order valence-corrected chi connectivity index (χ2v) is 5.73. The van der Waals surface area contributed by atoms with Crippen LogP contribution >= 0.6 is 11.8 Å². The number of thioether (sulfide) groups is 1. The molecule has 1 N–H and O–H groups in total. The first-order valence-corrected chi connectivity index (χ1v) is 7.19. The molecule has 0 aliphatic carbocycles. The molecule has 0 aromatic heterocycles. The van der Waals surface area contributed by atoms with Crippen LogP contribution in [0.1, 0.15) is 15.9 Å². The van der Waals surface area contributed by atoms with Gasteiger partial charge in [0.25, 0.3) is 5.91 Å². The van der Waals surface area contributed by atoms with Crippen molar-refractivity contribution in [1.82, 2.24) is 4.90 Å². The summed E-state index contributed by atoms with van der Waals surface area (Å²) < 4.78 is 0. The van der Waals surface area contributed by atoms with Crippen molar-refractivity contribution >= 4 is 29.3 Å². The summed E-state index contributed by atoms with van der Waals surface area (Å²) in [4.78, 5) is 25.4. The Morgan fingerprint density at radius 1 is 1.28 bits per heavy atom. The summed E-state index contributed by atoms with van der Waals surface area (Å²) in [6.07, 6.45) is 0.421. The summed E-state index contributed by atoms with van der Waals surface area (Å²) in [7, 11) is 0. The molecule has 2 heterocycles. The topological polar surface area (TPSA) is 49.4 Å². The van der Waals surface area contributed by atoms with Gasteiger partial charge in [-0.3, -0.25) is 9.59 Å². The van der Waals surface area contributed by atoms with E-state index in [9.17, 15) is 9.59 Å². The molecule has 0 saturated carbocycles. The molecular weight excluding hydrogens is 248 g/mol. The molecule has 1 aromatic rings. The number of nitrogens with zero attached hydrogens (tertiary/aromatic N) is 1. The van der Waals surface area contributed by atoms with Crippen molar-refractivity contribution in [3.63, 3.8) is 0 Å². The molecule has 0 atom stereocenters. The van der Waals surface area contributed by atoms with Crippen LogP contribution in [-0.4, -0.2) is 41.3 Å². The monoisotopic (exact) mass is 262 g/mol. The predicted molar refractivity (Wildman–Crippen MR) is 72.0 cm³/mol. The fourth-order valence-corrected chi connectivity index (χ4v) is 3.20. The largest absolute Gasteiger partial charge is 0.337 e. The molecule has 94 valence electrons. The minimum atomic E-state index is 0.00368. The van der Waals surface area contributed by atoms with E-state index in [1.165, 1.54) is 0 Å². The lowest BCUT2D eigenvalue weighted by Crippen LogP contribution is -2.37. The molecule has 2 amide bonds. The second-order valence-electron chi connectivity index (χ2n) is 4.50. The highest BCUT2D eigenvalue weighted by molar-refractivity contribution is 7.99. The maximum absolute atomic E-state index is 12.3. The number of carbonyl (C=O) groups is 2. The summed E-state index contributed by atoms with van der Waals surface area (Å²) in [6, 6.07) is 5.49. The summed E-state index contributed by atoms with van der Waals surface area (Å²) in [5.41, 5.74) is 2.44. The normalized spacial score (nSPS) is 18.4. The number of hydrogen-bond donors (Lipinski definition) is 1. The van der Waals surface area contributed by atoms with E-state index < -0.39 is 0 Å². The summed E-state index contributed by atoms with van der Waals surface area (Å²) in [6.45, 7) is 1.62. The first-order chi connectivity index (χ1) is 8.74. The summed E-state index contributed by atoms with van der Waals surface area (Å²) in [5.74, 6) is 2.09. The van der Waals surface area contributed by atoms with Crippen molar-refractivity contribution in [1.29, 1.82) is 0 Å². The first kappa shape index (κ1) is 11.6. The molecule has 1 saturated heterocycles. The van der Waals surface area contributed by atoms with Gasteiger partial charge in [-0.15, -0.1) is 0 Å². The minimum absolute atomic E-state index is 0.00368. The van der Waals surface area contributed by atoms with E-state index in [-0.39, 0.29) is 11.8 Å². The molecule has 0 spiro atoms. The van der Waals surface area contributed by atoms with Crippen molar-refractivity contribution in [2.24, 2.45) is 0 Å². The number of rotatable bonds is 1. The third-order valence-electron chi connectivity index (χ3n) is 3.28. The second kappa shape index (κ2) is 4.65. The van der Waals surface area contributed by atoms with E-state index in [1.807, 2.05) is 28.8 Å². The van der Waals surface area contributed by atoms with Gasteiger partial charge in [-0.05, 0) is 17.7 Å². The number of fused-ring (bicyclic) bond motifs is 1. The van der Waals surface area contributed by atoms with Gasteiger partial charge in [-0.25, -0.2) is 0 Å². The number of amides is 2. The van der Waals surface area contributed by atoms with E-state index in [4.69, 9.17) is 0 Å². The molecule has 1 fully saturated rings. The maximum atomic E-state index is 12.3. The van der Waals surface area contributed by atoms with Crippen molar-refractivity contribution in [3.8, 4) is 0 Å². The molecule has 3 rings (SSSR count). The molecule has 18 heavy (non-hydrogen) atoms. The predicted octanol–water partition coefficient (Wildman–Crippen LogP) is 1.37. The Labute approximate surface area is 110 Å². The Balaban J connectivity index is 1.82. The maximum Gasteiger partial charge on any atom is 0.253 e. The van der Waals surface area contributed by atoms with Crippen LogP contribution in [0.15, 0.2) is 18.2 Å². The first-order valence-electron chi connectivity index (χ1n) is 6.04. The van der Waals surface area contributed by atoms with Crippen molar-refractivity contribution in [2.75, 3.05) is 29.9 Å². The lowest BCUT2D eigenvalue weighted by Gasteiger charge is -2.26. The van der Waals surface area contributed by atoms with Crippen molar-refractivity contribution in [3.05, 3.63) is 29.3 Å². The lowest BCUT2D eigenvalue weighted by molar-refractivity contribution is -0.115. The summed E-state index contributed by atoms with van der Waals surface area (Å²) >= 11 is 1.88. The van der Waals surface area contributed by atoms with Gasteiger partial charge in [0.1, 0.15) is 0 Å². The average Bonchev–Trinajstić information content (AvgIpc) is 2.78. The van der Waals surface area contributed by atoms with Gasteiger partial charge >= 0.3 is 0 Å². The highest BCUT2D eigenvalue weighted by Crippen LogP contribution is 2.25. The Bertz CT molecular complexity index is 510. The van der Waals surface area contributed by atoms with Gasteiger partial charge in [0.05, 0.1) is 6.42 Å². The van der Waals surface area contributed by atoms with Gasteiger partial charge in [0, 0.05) is 35.8 Å². The van der Waals surface area contributed by atoms with Gasteiger partial charge < -0.3 is 10.2 Å². The molecule has 2 aliphatic rings. The summed E-state index contributed by atoms with van der Waals surface area (Å²) in [5, 5.41) is 2.78. The fraction of sp³-hybridized carbons (Fsp3) is 0.385. The third-order valence-corrected chi connectivity index (χ3v) is 4.22. The number of carbonyl (C=O) groups excluding carboxylic acids is 2. The molecule has 0 radical (unpaired) electrons. The van der Waals surface area contributed by atoms with Crippen LogP contribution in [0, 0.1) is 0 Å². The van der Waals surface area contributed by atoms with E-state index in [0.29, 0.717) is 12.0 Å². The molecule has 1 aromatic carbocycles. The Morgan fingerprint density at radius 2 is 2.06 bits per heavy atom. The zero-order valence-corrected chi connectivity index (χ0v) is 10.8. The van der Waals surface area contributed by atoms with E-state index in [0.717, 1.165) is 35.8 Å². The van der Waals surface area contributed by atoms with Gasteiger partial charge in [0.15, 0.2) is 0 Å². The van der Waals surface area contributed by atoms with E-state index >= 15 is 0 Å². The molecule has 0 unspecified atom stereocenters. The fourth-order valence-electron chi connectivity index (χ4n) is 2.30. The number of anilines is 1. The molecule has 4 nitrogen and oxygen atoms in total. The molecule has 5 heteroatoms. The van der Waals surface area contributed by atoms with E-state index in [2.05, 4.69) is 5.32 Å². The van der Waals surface area contributed by atoms with Crippen molar-refractivity contribution in [2.45, 2.75) is 6.42 Å². The Kier molecular flexibility index (Phi) is 2.99. The van der Waals surface area contributed by atoms with Crippen LogP contribution in [-0.2, 0) is 11.2 Å². The van der Waals surface area contributed by atoms with Crippen LogP contribution in [0.4, 0.5) is 5.69 Å². The lowest BCUT2D eigenvalue weighted by atomic mass is 10.1. The highest BCUT2D eigenvalue weighted by atomic mass is 32.2. The molecule has 2 aliphatic heterocycles. The smallest absolute Gasteiger partial charge is 0.253 e. The molecule has 0 bridgehead atoms. The average molecular weight is 262 g/mol. The van der Waals surface area contributed by atoms with Gasteiger partial charge in [-0.1, -0.05) is 6.07 Å². The third kappa shape index (κ3) is 2.10. The number of hydrogen-bond acceptors (Lipinski definition) is 3. The SMILES string of the molecule is O=C1Cc2ccc(C(=O)N3CCSCC3)cc2N1. The van der Waals surface area contributed by atoms with Crippen LogP contribution < -0.4 is 5.32 Å². The zero-order valence-electron chi connectivity index (χ0n) is 9.94. The Hall–Kier alpha value is -1.49. The van der Waals surface area contributed by atoms with Crippen LogP contribution in [0.2, 0.25) is 0 Å². The Morgan fingerprint density at radius 3 is 2.83 bits per heavy atom. The quantitative estimate of drug-likeness (QED) is 0.831. The van der Waals surface area contributed by atoms with Crippen LogP contribution in [0.5, 0.6) is 0 Å². The zero-order chi connectivity index (χ0) is 12.5.